The van der Waals surface area contributed by atoms with E-state index in [0.717, 1.165) is 40.6 Å². The average molecular weight is 378 g/mol. The lowest BCUT2D eigenvalue weighted by molar-refractivity contribution is -0.120. The maximum Gasteiger partial charge on any atom is 0.219 e. The van der Waals surface area contributed by atoms with E-state index in [-0.39, 0.29) is 11.7 Å². The van der Waals surface area contributed by atoms with Crippen LogP contribution >= 0.6 is 22.7 Å². The maximum absolute atomic E-state index is 12.6. The van der Waals surface area contributed by atoms with Crippen molar-refractivity contribution in [3.63, 3.8) is 0 Å². The van der Waals surface area contributed by atoms with Crippen LogP contribution in [0.1, 0.15) is 72.7 Å². The number of rotatable bonds is 10. The molecule has 2 heterocycles. The Morgan fingerprint density at radius 2 is 1.92 bits per heavy atom. The zero-order chi connectivity index (χ0) is 17.6. The average Bonchev–Trinajstić information content (AvgIpc) is 3.13. The summed E-state index contributed by atoms with van der Waals surface area (Å²) in [5, 5.41) is 6.35. The van der Waals surface area contributed by atoms with Gasteiger partial charge in [-0.25, -0.2) is 9.97 Å². The van der Waals surface area contributed by atoms with Crippen LogP contribution < -0.4 is 5.32 Å². The molecule has 1 aliphatic carbocycles. The fourth-order valence-corrected chi connectivity index (χ4v) is 4.67. The van der Waals surface area contributed by atoms with Gasteiger partial charge in [0.1, 0.15) is 5.69 Å². The first-order valence-corrected chi connectivity index (χ1v) is 10.5. The van der Waals surface area contributed by atoms with Crippen molar-refractivity contribution < 1.29 is 9.59 Å². The van der Waals surface area contributed by atoms with Gasteiger partial charge in [0.15, 0.2) is 15.8 Å². The molecule has 0 radical (unpaired) electrons. The fraction of sp³-hybridized carbons (Fsp3) is 0.556. The van der Waals surface area contributed by atoms with Crippen LogP contribution in [0.15, 0.2) is 11.6 Å². The number of carbonyl (C=O) groups excluding carboxylic acids is 2. The molecule has 3 rings (SSSR count). The highest BCUT2D eigenvalue weighted by Gasteiger charge is 2.32. The van der Waals surface area contributed by atoms with Crippen LogP contribution in [0.25, 0.3) is 10.0 Å². The minimum atomic E-state index is 0.0855. The van der Waals surface area contributed by atoms with Crippen molar-refractivity contribution in [1.82, 2.24) is 15.3 Å². The Labute approximate surface area is 155 Å². The summed E-state index contributed by atoms with van der Waals surface area (Å²) < 4.78 is 0. The van der Waals surface area contributed by atoms with Gasteiger partial charge in [-0.05, 0) is 31.6 Å². The van der Waals surface area contributed by atoms with Crippen LogP contribution in [-0.2, 0) is 4.79 Å². The van der Waals surface area contributed by atoms with Gasteiger partial charge in [-0.1, -0.05) is 12.8 Å². The van der Waals surface area contributed by atoms with E-state index in [1.54, 1.807) is 35.9 Å². The second kappa shape index (κ2) is 8.67. The number of amides is 1. The molecule has 1 N–H and O–H groups in total. The lowest BCUT2D eigenvalue weighted by Gasteiger charge is -2.02. The zero-order valence-electron chi connectivity index (χ0n) is 14.4. The van der Waals surface area contributed by atoms with Gasteiger partial charge in [-0.15, -0.1) is 22.7 Å². The van der Waals surface area contributed by atoms with Crippen LogP contribution in [-0.4, -0.2) is 28.7 Å². The van der Waals surface area contributed by atoms with Crippen molar-refractivity contribution in [3.05, 3.63) is 22.1 Å². The van der Waals surface area contributed by atoms with Gasteiger partial charge in [0.25, 0.3) is 0 Å². The lowest BCUT2D eigenvalue weighted by Crippen LogP contribution is -2.16. The Morgan fingerprint density at radius 3 is 2.56 bits per heavy atom. The third-order valence-corrected chi connectivity index (χ3v) is 6.45. The molecule has 5 nitrogen and oxygen atoms in total. The summed E-state index contributed by atoms with van der Waals surface area (Å²) >= 11 is 3.21. The molecular formula is C18H23N3O2S2. The van der Waals surface area contributed by atoms with Crippen LogP contribution in [0.2, 0.25) is 0 Å². The Morgan fingerprint density at radius 1 is 1.16 bits per heavy atom. The summed E-state index contributed by atoms with van der Waals surface area (Å²) in [6, 6.07) is 0. The molecule has 1 saturated carbocycles. The molecule has 25 heavy (non-hydrogen) atoms. The zero-order valence-corrected chi connectivity index (χ0v) is 16.0. The largest absolute Gasteiger partial charge is 0.359 e. The molecular weight excluding hydrogens is 354 g/mol. The predicted octanol–water partition coefficient (Wildman–Crippen LogP) is 4.41. The standard InChI is InChI=1S/C18H23N3O2S2/c1-19-14(23)7-5-3-2-4-6-13(22)15-16(12-8-9-12)25-18(21-15)17-20-10-11-24-17/h10-12H,2-9H2,1H3,(H,19,23). The molecule has 1 amide bonds. The van der Waals surface area contributed by atoms with Crippen molar-refractivity contribution in [2.24, 2.45) is 0 Å². The molecule has 0 spiro atoms. The van der Waals surface area contributed by atoms with Crippen LogP contribution in [0.4, 0.5) is 0 Å². The molecule has 134 valence electrons. The molecule has 0 aliphatic heterocycles. The van der Waals surface area contributed by atoms with Crippen molar-refractivity contribution in [2.45, 2.75) is 57.3 Å². The minimum Gasteiger partial charge on any atom is -0.359 e. The highest BCUT2D eigenvalue weighted by Crippen LogP contribution is 2.46. The second-order valence-electron chi connectivity index (χ2n) is 6.35. The van der Waals surface area contributed by atoms with E-state index in [4.69, 9.17) is 0 Å². The van der Waals surface area contributed by atoms with Crippen molar-refractivity contribution >= 4 is 34.4 Å². The summed E-state index contributed by atoms with van der Waals surface area (Å²) in [5.41, 5.74) is 0.683. The number of hydrogen-bond donors (Lipinski definition) is 1. The summed E-state index contributed by atoms with van der Waals surface area (Å²) in [4.78, 5) is 33.9. The highest BCUT2D eigenvalue weighted by molar-refractivity contribution is 7.20. The molecule has 0 atom stereocenters. The predicted molar refractivity (Wildman–Crippen MR) is 101 cm³/mol. The van der Waals surface area contributed by atoms with Crippen molar-refractivity contribution in [2.75, 3.05) is 7.05 Å². The topological polar surface area (TPSA) is 72.0 Å². The molecule has 1 aliphatic rings. The SMILES string of the molecule is CNC(=O)CCCCCCC(=O)c1nc(-c2nccs2)sc1C1CC1. The number of aromatic nitrogens is 2. The van der Waals surface area contributed by atoms with Crippen LogP contribution in [0.3, 0.4) is 0 Å². The van der Waals surface area contributed by atoms with Gasteiger partial charge in [-0.2, -0.15) is 0 Å². The molecule has 0 bridgehead atoms. The summed E-state index contributed by atoms with van der Waals surface area (Å²) in [5.74, 6) is 0.771. The normalized spacial score (nSPS) is 13.8. The van der Waals surface area contributed by atoms with Gasteiger partial charge in [0.05, 0.1) is 0 Å². The molecule has 0 unspecified atom stereocenters. The van der Waals surface area contributed by atoms with Crippen LogP contribution in [0, 0.1) is 0 Å². The number of nitrogens with one attached hydrogen (secondary N) is 1. The van der Waals surface area contributed by atoms with E-state index in [0.29, 0.717) is 24.5 Å². The van der Waals surface area contributed by atoms with Crippen LogP contribution in [0.5, 0.6) is 0 Å². The summed E-state index contributed by atoms with van der Waals surface area (Å²) in [6.45, 7) is 0. The molecule has 0 aromatic carbocycles. The first kappa shape index (κ1) is 18.2. The Hall–Kier alpha value is -1.60. The van der Waals surface area contributed by atoms with E-state index in [1.807, 2.05) is 5.38 Å². The fourth-order valence-electron chi connectivity index (χ4n) is 2.74. The number of Topliss-reactive ketones (excluding diaryl/α,β-unsaturated/α-hetero) is 1. The first-order chi connectivity index (χ1) is 12.2. The number of thiazole rings is 2. The van der Waals surface area contributed by atoms with Crippen molar-refractivity contribution in [1.29, 1.82) is 0 Å². The van der Waals surface area contributed by atoms with E-state index in [9.17, 15) is 9.59 Å². The van der Waals surface area contributed by atoms with Gasteiger partial charge < -0.3 is 5.32 Å². The molecule has 0 saturated heterocycles. The highest BCUT2D eigenvalue weighted by atomic mass is 32.1. The smallest absolute Gasteiger partial charge is 0.219 e. The van der Waals surface area contributed by atoms with Crippen molar-refractivity contribution in [3.8, 4) is 10.0 Å². The van der Waals surface area contributed by atoms with E-state index >= 15 is 0 Å². The van der Waals surface area contributed by atoms with Gasteiger partial charge in [0.2, 0.25) is 5.91 Å². The molecule has 2 aromatic rings. The van der Waals surface area contributed by atoms with E-state index in [2.05, 4.69) is 15.3 Å². The Balaban J connectivity index is 1.52. The maximum atomic E-state index is 12.6. The number of ketones is 1. The number of unbranched alkanes of at least 4 members (excludes halogenated alkanes) is 3. The lowest BCUT2D eigenvalue weighted by atomic mass is 10.1. The minimum absolute atomic E-state index is 0.0855. The third kappa shape index (κ3) is 4.95. The number of nitrogens with zero attached hydrogens (tertiary/aromatic N) is 2. The van der Waals surface area contributed by atoms with E-state index < -0.39 is 0 Å². The third-order valence-electron chi connectivity index (χ3n) is 4.32. The van der Waals surface area contributed by atoms with E-state index in [1.165, 1.54) is 12.8 Å². The Kier molecular flexibility index (Phi) is 6.31. The Bertz CT molecular complexity index is 721. The number of carbonyl (C=O) groups is 2. The van der Waals surface area contributed by atoms with Gasteiger partial charge in [-0.3, -0.25) is 9.59 Å². The second-order valence-corrected chi connectivity index (χ2v) is 8.28. The first-order valence-electron chi connectivity index (χ1n) is 8.83. The summed E-state index contributed by atoms with van der Waals surface area (Å²) in [6.07, 6.45) is 8.92. The quantitative estimate of drug-likeness (QED) is 0.492. The van der Waals surface area contributed by atoms with Gasteiger partial charge >= 0.3 is 0 Å². The summed E-state index contributed by atoms with van der Waals surface area (Å²) in [7, 11) is 1.66. The monoisotopic (exact) mass is 377 g/mol. The molecule has 2 aromatic heterocycles. The van der Waals surface area contributed by atoms with Gasteiger partial charge in [0, 0.05) is 36.3 Å². The number of hydrogen-bond acceptors (Lipinski definition) is 6. The molecule has 7 heteroatoms. The molecule has 1 fully saturated rings.